The molecule has 3 aromatic rings. The van der Waals surface area contributed by atoms with Gasteiger partial charge in [0.25, 0.3) is 12.3 Å². The van der Waals surface area contributed by atoms with E-state index in [0.29, 0.717) is 21.7 Å². The van der Waals surface area contributed by atoms with E-state index in [1.807, 2.05) is 0 Å². The van der Waals surface area contributed by atoms with Crippen LogP contribution in [0.5, 0.6) is 0 Å². The number of anilines is 1. The Morgan fingerprint density at radius 2 is 2.11 bits per heavy atom. The zero-order valence-corrected chi connectivity index (χ0v) is 16.5. The highest BCUT2D eigenvalue weighted by Crippen LogP contribution is 2.38. The third-order valence-corrected chi connectivity index (χ3v) is 5.51. The molecule has 11 heteroatoms. The molecule has 0 aromatic carbocycles. The summed E-state index contributed by atoms with van der Waals surface area (Å²) in [6.07, 6.45) is -1.07. The molecule has 2 amide bonds. The van der Waals surface area contributed by atoms with E-state index >= 15 is 0 Å². The van der Waals surface area contributed by atoms with E-state index in [4.69, 9.17) is 17.3 Å². The summed E-state index contributed by atoms with van der Waals surface area (Å²) in [6.45, 7) is 3.64. The van der Waals surface area contributed by atoms with E-state index in [0.717, 1.165) is 11.3 Å². The molecular formula is C17H16ClF2N5O2S. The van der Waals surface area contributed by atoms with Crippen LogP contribution in [0.15, 0.2) is 12.3 Å². The number of amides is 2. The number of aromatic nitrogens is 3. The van der Waals surface area contributed by atoms with E-state index in [1.165, 1.54) is 6.07 Å². The van der Waals surface area contributed by atoms with Gasteiger partial charge in [0.1, 0.15) is 15.4 Å². The van der Waals surface area contributed by atoms with Crippen molar-refractivity contribution in [3.8, 4) is 0 Å². The molecule has 0 unspecified atom stereocenters. The van der Waals surface area contributed by atoms with E-state index in [9.17, 15) is 18.4 Å². The summed E-state index contributed by atoms with van der Waals surface area (Å²) < 4.78 is 27.6. The van der Waals surface area contributed by atoms with Gasteiger partial charge in [-0.1, -0.05) is 11.6 Å². The van der Waals surface area contributed by atoms with Crippen molar-refractivity contribution in [2.24, 2.45) is 5.73 Å². The van der Waals surface area contributed by atoms with Crippen LogP contribution in [0, 0.1) is 13.8 Å². The first-order valence-corrected chi connectivity index (χ1v) is 9.38. The minimum Gasteiger partial charge on any atom is -0.365 e. The molecule has 0 fully saturated rings. The minimum atomic E-state index is -2.75. The van der Waals surface area contributed by atoms with Gasteiger partial charge in [-0.15, -0.1) is 11.3 Å². The highest BCUT2D eigenvalue weighted by Gasteiger charge is 2.23. The first-order chi connectivity index (χ1) is 13.2. The fraction of sp³-hybridized carbons (Fsp3) is 0.294. The Bertz CT molecular complexity index is 1060. The van der Waals surface area contributed by atoms with Gasteiger partial charge in [-0.05, 0) is 25.5 Å². The quantitative estimate of drug-likeness (QED) is 0.624. The number of nitrogens with two attached hydrogens (primary N) is 1. The average molecular weight is 428 g/mol. The Morgan fingerprint density at radius 3 is 2.68 bits per heavy atom. The van der Waals surface area contributed by atoms with Crippen molar-refractivity contribution in [2.45, 2.75) is 33.2 Å². The van der Waals surface area contributed by atoms with Crippen LogP contribution in [-0.2, 0) is 11.3 Å². The van der Waals surface area contributed by atoms with E-state index < -0.39 is 18.0 Å². The largest absolute Gasteiger partial charge is 0.365 e. The molecule has 7 nitrogen and oxygen atoms in total. The van der Waals surface area contributed by atoms with Gasteiger partial charge in [0, 0.05) is 24.5 Å². The number of nitrogens with zero attached hydrogens (tertiary/aromatic N) is 3. The number of carbonyl (C=O) groups is 2. The number of hydrogen-bond donors (Lipinski definition) is 2. The number of fused-ring (bicyclic) bond motifs is 1. The van der Waals surface area contributed by atoms with Crippen molar-refractivity contribution in [1.82, 2.24) is 14.8 Å². The summed E-state index contributed by atoms with van der Waals surface area (Å²) >= 11 is 6.81. The predicted molar refractivity (Wildman–Crippen MR) is 103 cm³/mol. The third-order valence-electron chi connectivity index (χ3n) is 4.05. The monoisotopic (exact) mass is 427 g/mol. The lowest BCUT2D eigenvalue weighted by molar-refractivity contribution is -0.116. The van der Waals surface area contributed by atoms with Gasteiger partial charge in [0.2, 0.25) is 5.91 Å². The van der Waals surface area contributed by atoms with Crippen molar-refractivity contribution >= 4 is 50.7 Å². The molecular weight excluding hydrogens is 412 g/mol. The van der Waals surface area contributed by atoms with Crippen LogP contribution in [-0.4, -0.2) is 26.6 Å². The van der Waals surface area contributed by atoms with Crippen LogP contribution in [0.3, 0.4) is 0 Å². The van der Waals surface area contributed by atoms with E-state index in [1.54, 1.807) is 24.7 Å². The first kappa shape index (κ1) is 20.2. The number of aryl methyl sites for hydroxylation is 3. The molecule has 0 radical (unpaired) electrons. The molecule has 0 aliphatic carbocycles. The fourth-order valence-electron chi connectivity index (χ4n) is 2.74. The van der Waals surface area contributed by atoms with Crippen LogP contribution in [0.4, 0.5) is 14.5 Å². The van der Waals surface area contributed by atoms with Gasteiger partial charge in [0.05, 0.1) is 16.4 Å². The second-order valence-electron chi connectivity index (χ2n) is 6.14. The normalized spacial score (nSPS) is 11.4. The number of thiophene rings is 1. The second-order valence-corrected chi connectivity index (χ2v) is 7.55. The zero-order chi connectivity index (χ0) is 20.6. The van der Waals surface area contributed by atoms with Gasteiger partial charge in [-0.2, -0.15) is 5.10 Å². The highest BCUT2D eigenvalue weighted by molar-refractivity contribution is 7.21. The number of rotatable bonds is 6. The Morgan fingerprint density at radius 1 is 1.39 bits per heavy atom. The lowest BCUT2D eigenvalue weighted by Crippen LogP contribution is -2.18. The molecule has 148 valence electrons. The van der Waals surface area contributed by atoms with Crippen molar-refractivity contribution in [3.63, 3.8) is 0 Å². The van der Waals surface area contributed by atoms with Gasteiger partial charge < -0.3 is 11.1 Å². The molecule has 3 heterocycles. The average Bonchev–Trinajstić information content (AvgIpc) is 3.13. The van der Waals surface area contributed by atoms with Crippen molar-refractivity contribution in [2.75, 3.05) is 5.32 Å². The summed E-state index contributed by atoms with van der Waals surface area (Å²) in [4.78, 5) is 28.4. The maximum Gasteiger partial charge on any atom is 0.280 e. The summed E-state index contributed by atoms with van der Waals surface area (Å²) in [6, 6.07) is 1.23. The van der Waals surface area contributed by atoms with Crippen molar-refractivity contribution < 1.29 is 18.4 Å². The van der Waals surface area contributed by atoms with E-state index in [-0.39, 0.29) is 34.3 Å². The third kappa shape index (κ3) is 3.97. The van der Waals surface area contributed by atoms with Gasteiger partial charge in [-0.25, -0.2) is 13.8 Å². The van der Waals surface area contributed by atoms with Crippen molar-refractivity contribution in [3.05, 3.63) is 39.1 Å². The maximum absolute atomic E-state index is 13.0. The standard InChI is InChI=1S/C17H16ClF2N5O2S/c1-7-5-10(15(19)20)22-17-12(7)13(14(28-17)16(21)27)23-11(26)3-4-25-6-9(18)8(2)24-25/h5-6,15H,3-4H2,1-2H3,(H2,21,27)(H,23,26). The number of primary amides is 1. The number of alkyl halides is 2. The number of nitrogens with one attached hydrogen (secondary N) is 1. The zero-order valence-electron chi connectivity index (χ0n) is 14.9. The smallest absolute Gasteiger partial charge is 0.280 e. The van der Waals surface area contributed by atoms with E-state index in [2.05, 4.69) is 15.4 Å². The summed E-state index contributed by atoms with van der Waals surface area (Å²) in [7, 11) is 0. The molecule has 0 aliphatic rings. The first-order valence-electron chi connectivity index (χ1n) is 8.18. The second kappa shape index (κ2) is 7.80. The summed E-state index contributed by atoms with van der Waals surface area (Å²) in [5, 5.41) is 7.75. The molecule has 3 aromatic heterocycles. The molecule has 3 N–H and O–H groups in total. The molecule has 0 bridgehead atoms. The predicted octanol–water partition coefficient (Wildman–Crippen LogP) is 3.83. The highest BCUT2D eigenvalue weighted by atomic mass is 35.5. The molecule has 0 atom stereocenters. The lowest BCUT2D eigenvalue weighted by Gasteiger charge is -2.08. The Balaban J connectivity index is 1.89. The number of hydrogen-bond acceptors (Lipinski definition) is 5. The molecule has 0 saturated heterocycles. The van der Waals surface area contributed by atoms with Gasteiger partial charge >= 0.3 is 0 Å². The molecule has 3 rings (SSSR count). The molecule has 0 aliphatic heterocycles. The number of carbonyl (C=O) groups excluding carboxylic acids is 2. The maximum atomic E-state index is 13.0. The topological polar surface area (TPSA) is 103 Å². The Kier molecular flexibility index (Phi) is 5.61. The minimum absolute atomic E-state index is 0.0587. The lowest BCUT2D eigenvalue weighted by atomic mass is 10.1. The Labute approximate surface area is 167 Å². The fourth-order valence-corrected chi connectivity index (χ4v) is 3.95. The van der Waals surface area contributed by atoms with Gasteiger partial charge in [-0.3, -0.25) is 14.3 Å². The van der Waals surface area contributed by atoms with Crippen LogP contribution in [0.1, 0.15) is 39.5 Å². The van der Waals surface area contributed by atoms with Gasteiger partial charge in [0.15, 0.2) is 0 Å². The number of halogens is 3. The SMILES string of the molecule is Cc1nn(CCC(=O)Nc2c(C(N)=O)sc3nc(C(F)F)cc(C)c23)cc1Cl. The van der Waals surface area contributed by atoms with Crippen LogP contribution >= 0.6 is 22.9 Å². The molecule has 28 heavy (non-hydrogen) atoms. The van der Waals surface area contributed by atoms with Crippen molar-refractivity contribution in [1.29, 1.82) is 0 Å². The summed E-state index contributed by atoms with van der Waals surface area (Å²) in [5.74, 6) is -1.16. The molecule has 0 spiro atoms. The summed E-state index contributed by atoms with van der Waals surface area (Å²) in [5.41, 5.74) is 6.32. The number of pyridine rings is 1. The Hall–Kier alpha value is -2.59. The van der Waals surface area contributed by atoms with Crippen LogP contribution in [0.2, 0.25) is 5.02 Å². The van der Waals surface area contributed by atoms with Crippen LogP contribution in [0.25, 0.3) is 10.2 Å². The molecule has 0 saturated carbocycles. The van der Waals surface area contributed by atoms with Crippen LogP contribution < -0.4 is 11.1 Å².